The monoisotopic (exact) mass is 401 g/mol. The first-order chi connectivity index (χ1) is 14.6. The first kappa shape index (κ1) is 19.5. The Morgan fingerprint density at radius 3 is 2.67 bits per heavy atom. The Bertz CT molecular complexity index is 1070. The molecule has 6 nitrogen and oxygen atoms in total. The van der Waals surface area contributed by atoms with E-state index < -0.39 is 0 Å². The number of rotatable bonds is 6. The van der Waals surface area contributed by atoms with Gasteiger partial charge in [0.1, 0.15) is 5.75 Å². The van der Waals surface area contributed by atoms with Crippen LogP contribution < -0.4 is 20.7 Å². The summed E-state index contributed by atoms with van der Waals surface area (Å²) in [6.07, 6.45) is 0. The Morgan fingerprint density at radius 2 is 1.83 bits per heavy atom. The molecule has 0 fully saturated rings. The molecule has 1 aliphatic heterocycles. The molecular formula is C24H23N3O3. The fraction of sp³-hybridized carbons (Fsp3) is 0.167. The molecule has 1 aliphatic rings. The number of hydrogen-bond donors (Lipinski definition) is 3. The summed E-state index contributed by atoms with van der Waals surface area (Å²) in [7, 11) is 0. The third-order valence-electron chi connectivity index (χ3n) is 4.98. The van der Waals surface area contributed by atoms with Crippen molar-refractivity contribution in [3.8, 4) is 5.75 Å². The molecule has 1 atom stereocenters. The van der Waals surface area contributed by atoms with Gasteiger partial charge in [0.25, 0.3) is 11.8 Å². The number of benzene rings is 3. The Morgan fingerprint density at radius 1 is 1.07 bits per heavy atom. The van der Waals surface area contributed by atoms with Gasteiger partial charge in [-0.1, -0.05) is 48.5 Å². The zero-order valence-corrected chi connectivity index (χ0v) is 16.6. The van der Waals surface area contributed by atoms with Crippen LogP contribution in [0.3, 0.4) is 0 Å². The number of carbonyl (C=O) groups is 2. The van der Waals surface area contributed by atoms with Gasteiger partial charge in [-0.05, 0) is 42.3 Å². The predicted octanol–water partition coefficient (Wildman–Crippen LogP) is 4.12. The Kier molecular flexibility index (Phi) is 5.66. The normalized spacial score (nSPS) is 13.4. The van der Waals surface area contributed by atoms with Crippen molar-refractivity contribution < 1.29 is 14.3 Å². The van der Waals surface area contributed by atoms with Crippen LogP contribution >= 0.6 is 0 Å². The summed E-state index contributed by atoms with van der Waals surface area (Å²) < 4.78 is 5.39. The number of anilines is 2. The van der Waals surface area contributed by atoms with Gasteiger partial charge < -0.3 is 20.7 Å². The summed E-state index contributed by atoms with van der Waals surface area (Å²) in [5.41, 5.74) is 3.99. The van der Waals surface area contributed by atoms with Gasteiger partial charge in [-0.2, -0.15) is 0 Å². The van der Waals surface area contributed by atoms with E-state index in [4.69, 9.17) is 4.74 Å². The zero-order valence-electron chi connectivity index (χ0n) is 16.6. The minimum atomic E-state index is -0.246. The molecule has 152 valence electrons. The molecule has 4 rings (SSSR count). The van der Waals surface area contributed by atoms with Crippen molar-refractivity contribution in [1.29, 1.82) is 0 Å². The van der Waals surface area contributed by atoms with Crippen LogP contribution in [0.15, 0.2) is 72.8 Å². The Balaban J connectivity index is 1.46. The van der Waals surface area contributed by atoms with Crippen molar-refractivity contribution in [2.75, 3.05) is 17.2 Å². The van der Waals surface area contributed by atoms with E-state index in [0.717, 1.165) is 16.8 Å². The van der Waals surface area contributed by atoms with E-state index in [1.54, 1.807) is 6.07 Å². The first-order valence-electron chi connectivity index (χ1n) is 9.84. The van der Waals surface area contributed by atoms with Crippen molar-refractivity contribution in [2.24, 2.45) is 0 Å². The van der Waals surface area contributed by atoms with E-state index >= 15 is 0 Å². The van der Waals surface area contributed by atoms with Crippen molar-refractivity contribution in [3.05, 3.63) is 89.5 Å². The fourth-order valence-electron chi connectivity index (χ4n) is 3.36. The smallest absolute Gasteiger partial charge is 0.262 e. The molecule has 1 heterocycles. The van der Waals surface area contributed by atoms with Gasteiger partial charge in [-0.3, -0.25) is 9.59 Å². The third-order valence-corrected chi connectivity index (χ3v) is 4.98. The van der Waals surface area contributed by atoms with Crippen LogP contribution in [0.5, 0.6) is 5.75 Å². The topological polar surface area (TPSA) is 79.5 Å². The molecule has 0 aromatic heterocycles. The molecule has 0 unspecified atom stereocenters. The number of carbonyl (C=O) groups excluding carboxylic acids is 2. The summed E-state index contributed by atoms with van der Waals surface area (Å²) in [4.78, 5) is 24.5. The van der Waals surface area contributed by atoms with Crippen molar-refractivity contribution in [2.45, 2.75) is 19.5 Å². The van der Waals surface area contributed by atoms with Crippen molar-refractivity contribution in [1.82, 2.24) is 5.32 Å². The average Bonchev–Trinajstić information content (AvgIpc) is 2.78. The lowest BCUT2D eigenvalue weighted by Crippen LogP contribution is -2.28. The summed E-state index contributed by atoms with van der Waals surface area (Å²) in [5, 5.41) is 9.18. The number of ether oxygens (including phenoxy) is 1. The molecule has 0 bridgehead atoms. The standard InChI is InChI=1S/C24H23N3O3/c1-16(18-11-12-22-21(13-18)27-23(28)15-30-22)26-24(29)19-9-5-6-10-20(19)25-14-17-7-3-2-4-8-17/h2-13,16,25H,14-15H2,1H3,(H,26,29)(H,27,28)/t16-/m0/s1. The molecule has 0 aliphatic carbocycles. The lowest BCUT2D eigenvalue weighted by atomic mass is 10.1. The number of hydrogen-bond acceptors (Lipinski definition) is 4. The van der Waals surface area contributed by atoms with E-state index in [2.05, 4.69) is 16.0 Å². The molecule has 0 spiro atoms. The van der Waals surface area contributed by atoms with Crippen LogP contribution in [0.2, 0.25) is 0 Å². The van der Waals surface area contributed by atoms with Crippen LogP contribution in [0.25, 0.3) is 0 Å². The van der Waals surface area contributed by atoms with Crippen LogP contribution in [-0.2, 0) is 11.3 Å². The van der Waals surface area contributed by atoms with E-state index in [-0.39, 0.29) is 24.5 Å². The number of amides is 2. The molecule has 0 saturated carbocycles. The minimum absolute atomic E-state index is 0.0192. The van der Waals surface area contributed by atoms with Gasteiger partial charge in [0.2, 0.25) is 0 Å². The number of nitrogens with one attached hydrogen (secondary N) is 3. The lowest BCUT2D eigenvalue weighted by Gasteiger charge is -2.21. The molecule has 2 amide bonds. The van der Waals surface area contributed by atoms with E-state index in [1.165, 1.54) is 0 Å². The van der Waals surface area contributed by atoms with Gasteiger partial charge in [0.15, 0.2) is 6.61 Å². The summed E-state index contributed by atoms with van der Waals surface area (Å²) in [6, 6.07) is 22.8. The fourth-order valence-corrected chi connectivity index (χ4v) is 3.36. The maximum absolute atomic E-state index is 13.0. The van der Waals surface area contributed by atoms with E-state index in [0.29, 0.717) is 23.5 Å². The highest BCUT2D eigenvalue weighted by Crippen LogP contribution is 2.30. The maximum atomic E-state index is 13.0. The predicted molar refractivity (Wildman–Crippen MR) is 117 cm³/mol. The van der Waals surface area contributed by atoms with Gasteiger partial charge in [0, 0.05) is 12.2 Å². The summed E-state index contributed by atoms with van der Waals surface area (Å²) >= 11 is 0. The van der Waals surface area contributed by atoms with Crippen LogP contribution in [0.4, 0.5) is 11.4 Å². The minimum Gasteiger partial charge on any atom is -0.482 e. The highest BCUT2D eigenvalue weighted by Gasteiger charge is 2.19. The van der Waals surface area contributed by atoms with Crippen molar-refractivity contribution in [3.63, 3.8) is 0 Å². The third kappa shape index (κ3) is 4.43. The highest BCUT2D eigenvalue weighted by atomic mass is 16.5. The molecule has 6 heteroatoms. The van der Waals surface area contributed by atoms with Gasteiger partial charge in [-0.15, -0.1) is 0 Å². The van der Waals surface area contributed by atoms with Crippen LogP contribution in [-0.4, -0.2) is 18.4 Å². The second-order valence-corrected chi connectivity index (χ2v) is 7.17. The second-order valence-electron chi connectivity index (χ2n) is 7.17. The maximum Gasteiger partial charge on any atom is 0.262 e. The molecule has 30 heavy (non-hydrogen) atoms. The lowest BCUT2D eigenvalue weighted by molar-refractivity contribution is -0.118. The summed E-state index contributed by atoms with van der Waals surface area (Å²) in [6.45, 7) is 2.56. The number of fused-ring (bicyclic) bond motifs is 1. The van der Waals surface area contributed by atoms with Gasteiger partial charge in [0.05, 0.1) is 17.3 Å². The van der Waals surface area contributed by atoms with E-state index in [9.17, 15) is 9.59 Å². The SMILES string of the molecule is C[C@H](NC(=O)c1ccccc1NCc1ccccc1)c1ccc2c(c1)NC(=O)CO2. The molecule has 0 saturated heterocycles. The summed E-state index contributed by atoms with van der Waals surface area (Å²) in [5.74, 6) is 0.277. The Labute approximate surface area is 175 Å². The molecule has 3 aromatic carbocycles. The Hall–Kier alpha value is -3.80. The van der Waals surface area contributed by atoms with Crippen LogP contribution in [0, 0.1) is 0 Å². The molecule has 0 radical (unpaired) electrons. The molecule has 3 N–H and O–H groups in total. The zero-order chi connectivity index (χ0) is 20.9. The molecule has 3 aromatic rings. The van der Waals surface area contributed by atoms with Crippen molar-refractivity contribution >= 4 is 23.2 Å². The quantitative estimate of drug-likeness (QED) is 0.581. The average molecular weight is 401 g/mol. The van der Waals surface area contributed by atoms with Crippen LogP contribution in [0.1, 0.15) is 34.5 Å². The van der Waals surface area contributed by atoms with E-state index in [1.807, 2.05) is 73.7 Å². The largest absolute Gasteiger partial charge is 0.482 e. The molecular weight excluding hydrogens is 378 g/mol. The number of para-hydroxylation sites is 1. The van der Waals surface area contributed by atoms with Gasteiger partial charge >= 0.3 is 0 Å². The second kappa shape index (κ2) is 8.69. The van der Waals surface area contributed by atoms with Gasteiger partial charge in [-0.25, -0.2) is 0 Å². The highest BCUT2D eigenvalue weighted by molar-refractivity contribution is 6.00. The first-order valence-corrected chi connectivity index (χ1v) is 9.84.